The molecule has 0 heterocycles. The number of allylic oxidation sites excluding steroid dienone is 2. The minimum Gasteiger partial charge on any atom is -0.0667 e. The monoisotopic (exact) mass is 236 g/mol. The van der Waals surface area contributed by atoms with Crippen LogP contribution in [0.25, 0.3) is 16.3 Å². The molecule has 0 saturated heterocycles. The highest BCUT2D eigenvalue weighted by Gasteiger charge is 2.11. The van der Waals surface area contributed by atoms with E-state index in [-0.39, 0.29) is 0 Å². The number of aryl methyl sites for hydroxylation is 1. The predicted molar refractivity (Wildman–Crippen MR) is 79.7 cm³/mol. The maximum atomic E-state index is 2.34. The molecule has 1 aliphatic carbocycles. The van der Waals surface area contributed by atoms with Crippen LogP contribution in [0.5, 0.6) is 0 Å². The van der Waals surface area contributed by atoms with Gasteiger partial charge in [-0.15, -0.1) is 0 Å². The van der Waals surface area contributed by atoms with E-state index in [0.29, 0.717) is 0 Å². The highest BCUT2D eigenvalue weighted by atomic mass is 14.2. The molecule has 1 fully saturated rings. The smallest absolute Gasteiger partial charge is 0.0178 e. The standard InChI is InChI=1S/C18H20/c1-13-7-8-18-12-16(9-10-17(18)11-13)14(2)15-5-3-4-6-15/h7-12H,3-6H2,1-2H3. The van der Waals surface area contributed by atoms with Gasteiger partial charge in [-0.25, -0.2) is 0 Å². The molecule has 0 aromatic heterocycles. The fourth-order valence-corrected chi connectivity index (χ4v) is 2.98. The number of fused-ring (bicyclic) bond motifs is 1. The molecule has 0 heteroatoms. The third-order valence-electron chi connectivity index (χ3n) is 4.17. The summed E-state index contributed by atoms with van der Waals surface area (Å²) in [5, 5.41) is 2.71. The number of hydrogen-bond donors (Lipinski definition) is 0. The van der Waals surface area contributed by atoms with E-state index >= 15 is 0 Å². The zero-order chi connectivity index (χ0) is 12.5. The fraction of sp³-hybridized carbons (Fsp3) is 0.333. The molecule has 0 aliphatic heterocycles. The highest BCUT2D eigenvalue weighted by Crippen LogP contribution is 2.32. The van der Waals surface area contributed by atoms with Crippen LogP contribution in [0.15, 0.2) is 42.0 Å². The van der Waals surface area contributed by atoms with Gasteiger partial charge in [-0.2, -0.15) is 0 Å². The van der Waals surface area contributed by atoms with Crippen molar-refractivity contribution in [2.24, 2.45) is 0 Å². The van der Waals surface area contributed by atoms with Crippen molar-refractivity contribution in [2.45, 2.75) is 39.5 Å². The SMILES string of the molecule is CC(=C1CCCC1)c1ccc2cc(C)ccc2c1. The predicted octanol–water partition coefficient (Wildman–Crippen LogP) is 5.50. The average Bonchev–Trinajstić information content (AvgIpc) is 2.91. The van der Waals surface area contributed by atoms with Crippen molar-refractivity contribution in [3.63, 3.8) is 0 Å². The molecule has 1 saturated carbocycles. The van der Waals surface area contributed by atoms with Crippen molar-refractivity contribution < 1.29 is 0 Å². The van der Waals surface area contributed by atoms with E-state index in [2.05, 4.69) is 50.2 Å². The summed E-state index contributed by atoms with van der Waals surface area (Å²) in [6.45, 7) is 4.44. The van der Waals surface area contributed by atoms with Crippen LogP contribution in [-0.4, -0.2) is 0 Å². The lowest BCUT2D eigenvalue weighted by molar-refractivity contribution is 0.886. The Hall–Kier alpha value is -1.56. The summed E-state index contributed by atoms with van der Waals surface area (Å²) in [4.78, 5) is 0. The molecular formula is C18H20. The second kappa shape index (κ2) is 4.61. The van der Waals surface area contributed by atoms with Crippen LogP contribution in [0.3, 0.4) is 0 Å². The van der Waals surface area contributed by atoms with E-state index in [1.54, 1.807) is 5.57 Å². The second-order valence-corrected chi connectivity index (χ2v) is 5.50. The van der Waals surface area contributed by atoms with E-state index in [1.165, 1.54) is 53.2 Å². The number of hydrogen-bond acceptors (Lipinski definition) is 0. The van der Waals surface area contributed by atoms with Crippen molar-refractivity contribution >= 4 is 16.3 Å². The van der Waals surface area contributed by atoms with Gasteiger partial charge in [-0.3, -0.25) is 0 Å². The topological polar surface area (TPSA) is 0 Å². The van der Waals surface area contributed by atoms with Gasteiger partial charge in [0.05, 0.1) is 0 Å². The third-order valence-corrected chi connectivity index (χ3v) is 4.17. The molecule has 0 unspecified atom stereocenters. The van der Waals surface area contributed by atoms with E-state index in [0.717, 1.165) is 0 Å². The van der Waals surface area contributed by atoms with Gasteiger partial charge in [0.2, 0.25) is 0 Å². The van der Waals surface area contributed by atoms with E-state index in [4.69, 9.17) is 0 Å². The molecule has 0 atom stereocenters. The summed E-state index contributed by atoms with van der Waals surface area (Å²) in [6.07, 6.45) is 5.36. The van der Waals surface area contributed by atoms with Gasteiger partial charge in [0.15, 0.2) is 0 Å². The minimum absolute atomic E-state index is 1.30. The molecular weight excluding hydrogens is 216 g/mol. The molecule has 0 nitrogen and oxygen atoms in total. The number of benzene rings is 2. The van der Waals surface area contributed by atoms with Gasteiger partial charge in [-0.1, -0.05) is 41.5 Å². The van der Waals surface area contributed by atoms with Crippen LogP contribution >= 0.6 is 0 Å². The van der Waals surface area contributed by atoms with Crippen LogP contribution < -0.4 is 0 Å². The van der Waals surface area contributed by atoms with Crippen molar-refractivity contribution in [3.8, 4) is 0 Å². The Morgan fingerprint density at radius 3 is 2.33 bits per heavy atom. The van der Waals surface area contributed by atoms with Crippen LogP contribution in [0, 0.1) is 6.92 Å². The van der Waals surface area contributed by atoms with Crippen molar-refractivity contribution in [3.05, 3.63) is 53.1 Å². The third kappa shape index (κ3) is 2.08. The largest absolute Gasteiger partial charge is 0.0667 e. The summed E-state index contributed by atoms with van der Waals surface area (Å²) in [6, 6.07) is 13.6. The molecule has 92 valence electrons. The number of rotatable bonds is 1. The van der Waals surface area contributed by atoms with Gasteiger partial charge in [0.1, 0.15) is 0 Å². The first-order valence-electron chi connectivity index (χ1n) is 6.93. The minimum atomic E-state index is 1.30. The Morgan fingerprint density at radius 2 is 1.56 bits per heavy atom. The van der Waals surface area contributed by atoms with Crippen LogP contribution in [0.2, 0.25) is 0 Å². The summed E-state index contributed by atoms with van der Waals surface area (Å²) in [5.74, 6) is 0. The molecule has 2 aromatic rings. The molecule has 0 N–H and O–H groups in total. The Morgan fingerprint density at radius 1 is 0.889 bits per heavy atom. The first-order valence-corrected chi connectivity index (χ1v) is 6.93. The molecule has 0 amide bonds. The molecule has 3 rings (SSSR count). The van der Waals surface area contributed by atoms with Gasteiger partial charge in [0.25, 0.3) is 0 Å². The summed E-state index contributed by atoms with van der Waals surface area (Å²) in [7, 11) is 0. The summed E-state index contributed by atoms with van der Waals surface area (Å²) in [5.41, 5.74) is 5.92. The van der Waals surface area contributed by atoms with E-state index in [9.17, 15) is 0 Å². The van der Waals surface area contributed by atoms with Gasteiger partial charge in [0, 0.05) is 0 Å². The van der Waals surface area contributed by atoms with Crippen LogP contribution in [-0.2, 0) is 0 Å². The quantitative estimate of drug-likeness (QED) is 0.613. The molecule has 2 aromatic carbocycles. The lowest BCUT2D eigenvalue weighted by Crippen LogP contribution is -1.86. The lowest BCUT2D eigenvalue weighted by atomic mass is 9.97. The van der Waals surface area contributed by atoms with Gasteiger partial charge >= 0.3 is 0 Å². The van der Waals surface area contributed by atoms with E-state index < -0.39 is 0 Å². The zero-order valence-electron chi connectivity index (χ0n) is 11.3. The average molecular weight is 236 g/mol. The fourth-order valence-electron chi connectivity index (χ4n) is 2.98. The second-order valence-electron chi connectivity index (χ2n) is 5.50. The Labute approximate surface area is 109 Å². The van der Waals surface area contributed by atoms with Crippen LogP contribution in [0.4, 0.5) is 0 Å². The van der Waals surface area contributed by atoms with Gasteiger partial charge in [-0.05, 0) is 67.5 Å². The van der Waals surface area contributed by atoms with Crippen LogP contribution in [0.1, 0.15) is 43.7 Å². The normalized spacial score (nSPS) is 15.3. The molecule has 1 aliphatic rings. The molecule has 18 heavy (non-hydrogen) atoms. The maximum Gasteiger partial charge on any atom is -0.0178 e. The van der Waals surface area contributed by atoms with Gasteiger partial charge < -0.3 is 0 Å². The highest BCUT2D eigenvalue weighted by molar-refractivity contribution is 5.87. The Balaban J connectivity index is 2.08. The first kappa shape index (κ1) is 11.5. The summed E-state index contributed by atoms with van der Waals surface area (Å²) < 4.78 is 0. The molecule has 0 radical (unpaired) electrons. The van der Waals surface area contributed by atoms with Crippen molar-refractivity contribution in [1.29, 1.82) is 0 Å². The summed E-state index contributed by atoms with van der Waals surface area (Å²) >= 11 is 0. The Bertz CT molecular complexity index is 609. The molecule has 0 bridgehead atoms. The Kier molecular flexibility index (Phi) is 2.95. The van der Waals surface area contributed by atoms with Crippen molar-refractivity contribution in [1.82, 2.24) is 0 Å². The zero-order valence-corrected chi connectivity index (χ0v) is 11.3. The van der Waals surface area contributed by atoms with Crippen molar-refractivity contribution in [2.75, 3.05) is 0 Å². The van der Waals surface area contributed by atoms with E-state index in [1.807, 2.05) is 0 Å². The first-order chi connectivity index (χ1) is 8.74. The maximum absolute atomic E-state index is 2.34. The lowest BCUT2D eigenvalue weighted by Gasteiger charge is -2.08. The molecule has 0 spiro atoms.